The first kappa shape index (κ1) is 16.4. The van der Waals surface area contributed by atoms with Gasteiger partial charge in [-0.15, -0.1) is 11.3 Å². The molecule has 2 atom stereocenters. The molecule has 0 spiro atoms. The number of para-hydroxylation sites is 1. The zero-order chi connectivity index (χ0) is 17.1. The molecule has 3 aromatic rings. The van der Waals surface area contributed by atoms with Crippen LogP contribution in [0, 0.1) is 0 Å². The normalized spacial score (nSPS) is 20.2. The van der Waals surface area contributed by atoms with Gasteiger partial charge in [0.2, 0.25) is 0 Å². The smallest absolute Gasteiger partial charge is 0.275 e. The fourth-order valence-corrected chi connectivity index (χ4v) is 4.82. The zero-order valence-corrected chi connectivity index (χ0v) is 15.1. The summed E-state index contributed by atoms with van der Waals surface area (Å²) in [6.45, 7) is 2.37. The first-order chi connectivity index (χ1) is 12.3. The predicted molar refractivity (Wildman–Crippen MR) is 102 cm³/mol. The SMILES string of the molecule is O=C(C[NH+]1CCC[C@@H]1c1cccs1)NCCc1c[nH]c2ccccc12. The Balaban J connectivity index is 1.29. The number of nitrogens with one attached hydrogen (secondary N) is 3. The molecule has 1 amide bonds. The topological polar surface area (TPSA) is 49.3 Å². The van der Waals surface area contributed by atoms with E-state index in [0.29, 0.717) is 19.1 Å². The first-order valence-corrected chi connectivity index (χ1v) is 9.89. The van der Waals surface area contributed by atoms with Gasteiger partial charge in [0, 0.05) is 36.5 Å². The molecule has 3 heterocycles. The molecule has 4 nitrogen and oxygen atoms in total. The predicted octanol–water partition coefficient (Wildman–Crippen LogP) is 2.31. The summed E-state index contributed by atoms with van der Waals surface area (Å²) in [5, 5.41) is 6.49. The van der Waals surface area contributed by atoms with E-state index in [2.05, 4.69) is 52.2 Å². The third kappa shape index (κ3) is 3.62. The van der Waals surface area contributed by atoms with Crippen LogP contribution < -0.4 is 10.2 Å². The number of quaternary nitrogens is 1. The number of hydrogen-bond acceptors (Lipinski definition) is 2. The van der Waals surface area contributed by atoms with Crippen molar-refractivity contribution < 1.29 is 9.69 Å². The Morgan fingerprint density at radius 1 is 1.28 bits per heavy atom. The molecule has 130 valence electrons. The van der Waals surface area contributed by atoms with Gasteiger partial charge in [0.1, 0.15) is 6.04 Å². The number of aromatic amines is 1. The number of likely N-dealkylation sites (tertiary alicyclic amines) is 1. The molecule has 1 unspecified atom stereocenters. The van der Waals surface area contributed by atoms with E-state index >= 15 is 0 Å². The third-order valence-corrected chi connectivity index (χ3v) is 6.14. The Morgan fingerprint density at radius 2 is 2.20 bits per heavy atom. The molecule has 2 aromatic heterocycles. The Morgan fingerprint density at radius 3 is 3.08 bits per heavy atom. The van der Waals surface area contributed by atoms with E-state index in [-0.39, 0.29) is 5.91 Å². The molecule has 0 saturated carbocycles. The minimum atomic E-state index is 0.165. The van der Waals surface area contributed by atoms with Crippen LogP contribution in [0.3, 0.4) is 0 Å². The molecule has 0 aliphatic carbocycles. The zero-order valence-electron chi connectivity index (χ0n) is 14.3. The van der Waals surface area contributed by atoms with Gasteiger partial charge >= 0.3 is 0 Å². The van der Waals surface area contributed by atoms with Crippen molar-refractivity contribution in [2.24, 2.45) is 0 Å². The molecule has 3 N–H and O–H groups in total. The first-order valence-electron chi connectivity index (χ1n) is 9.01. The molecule has 0 bridgehead atoms. The fraction of sp³-hybridized carbons (Fsp3) is 0.350. The molecule has 1 aliphatic heterocycles. The Hall–Kier alpha value is -2.11. The number of aromatic nitrogens is 1. The molecule has 25 heavy (non-hydrogen) atoms. The lowest BCUT2D eigenvalue weighted by Crippen LogP contribution is -3.11. The standard InChI is InChI=1S/C20H23N3OS/c24-20(14-23-11-3-7-18(23)19-8-4-12-25-19)21-10-9-15-13-22-17-6-2-1-5-16(15)17/h1-2,4-6,8,12-13,18,22H,3,7,9-11,14H2,(H,21,24)/p+1/t18-/m1/s1. The number of thiophene rings is 1. The van der Waals surface area contributed by atoms with Crippen molar-refractivity contribution in [3.05, 3.63) is 58.4 Å². The van der Waals surface area contributed by atoms with Gasteiger partial charge in [-0.25, -0.2) is 0 Å². The molecule has 1 aliphatic rings. The van der Waals surface area contributed by atoms with E-state index < -0.39 is 0 Å². The molecule has 0 radical (unpaired) electrons. The summed E-state index contributed by atoms with van der Waals surface area (Å²) in [5.74, 6) is 0.165. The average Bonchev–Trinajstić information content (AvgIpc) is 3.35. The second-order valence-electron chi connectivity index (χ2n) is 6.75. The molecular formula is C20H24N3OS+. The van der Waals surface area contributed by atoms with E-state index in [9.17, 15) is 4.79 Å². The van der Waals surface area contributed by atoms with Gasteiger partial charge in [-0.3, -0.25) is 4.79 Å². The van der Waals surface area contributed by atoms with Gasteiger partial charge in [0.05, 0.1) is 11.4 Å². The lowest BCUT2D eigenvalue weighted by atomic mass is 10.1. The minimum Gasteiger partial charge on any atom is -0.361 e. The maximum Gasteiger partial charge on any atom is 0.275 e. The number of rotatable bonds is 6. The highest BCUT2D eigenvalue weighted by Gasteiger charge is 2.32. The van der Waals surface area contributed by atoms with Crippen LogP contribution >= 0.6 is 11.3 Å². The Kier molecular flexibility index (Phi) is 4.85. The maximum atomic E-state index is 12.4. The summed E-state index contributed by atoms with van der Waals surface area (Å²) in [5.41, 5.74) is 2.42. The Bertz CT molecular complexity index is 840. The van der Waals surface area contributed by atoms with E-state index in [1.54, 1.807) is 0 Å². The number of amides is 1. The van der Waals surface area contributed by atoms with Crippen LogP contribution in [-0.4, -0.2) is 30.5 Å². The van der Waals surface area contributed by atoms with Gasteiger partial charge in [-0.1, -0.05) is 24.3 Å². The van der Waals surface area contributed by atoms with E-state index in [0.717, 1.165) is 18.5 Å². The summed E-state index contributed by atoms with van der Waals surface area (Å²) in [6.07, 6.45) is 5.31. The molecular weight excluding hydrogens is 330 g/mol. The summed E-state index contributed by atoms with van der Waals surface area (Å²) in [4.78, 5) is 18.5. The summed E-state index contributed by atoms with van der Waals surface area (Å²) >= 11 is 1.81. The van der Waals surface area contributed by atoms with Gasteiger partial charge in [-0.05, 0) is 29.5 Å². The molecule has 4 rings (SSSR count). The molecule has 5 heteroatoms. The van der Waals surface area contributed by atoms with Crippen molar-refractivity contribution >= 4 is 28.1 Å². The highest BCUT2D eigenvalue weighted by molar-refractivity contribution is 7.10. The fourth-order valence-electron chi connectivity index (χ4n) is 3.90. The Labute approximate surface area is 151 Å². The van der Waals surface area contributed by atoms with Crippen molar-refractivity contribution in [2.75, 3.05) is 19.6 Å². The van der Waals surface area contributed by atoms with Gasteiger partial charge in [-0.2, -0.15) is 0 Å². The third-order valence-electron chi connectivity index (χ3n) is 5.15. The van der Waals surface area contributed by atoms with Crippen molar-refractivity contribution in [3.63, 3.8) is 0 Å². The summed E-state index contributed by atoms with van der Waals surface area (Å²) in [7, 11) is 0. The maximum absolute atomic E-state index is 12.4. The highest BCUT2D eigenvalue weighted by atomic mass is 32.1. The monoisotopic (exact) mass is 354 g/mol. The number of fused-ring (bicyclic) bond motifs is 1. The van der Waals surface area contributed by atoms with Crippen LogP contribution in [0.4, 0.5) is 0 Å². The van der Waals surface area contributed by atoms with Crippen LogP contribution in [0.5, 0.6) is 0 Å². The van der Waals surface area contributed by atoms with Crippen LogP contribution in [0.25, 0.3) is 10.9 Å². The van der Waals surface area contributed by atoms with Crippen molar-refractivity contribution in [3.8, 4) is 0 Å². The molecule has 1 fully saturated rings. The number of carbonyl (C=O) groups excluding carboxylic acids is 1. The van der Waals surface area contributed by atoms with E-state index in [1.807, 2.05) is 17.4 Å². The van der Waals surface area contributed by atoms with Crippen molar-refractivity contribution in [1.29, 1.82) is 0 Å². The van der Waals surface area contributed by atoms with Crippen LogP contribution in [0.1, 0.15) is 29.3 Å². The van der Waals surface area contributed by atoms with Gasteiger partial charge < -0.3 is 15.2 Å². The number of hydrogen-bond donors (Lipinski definition) is 3. The lowest BCUT2D eigenvalue weighted by Gasteiger charge is -2.20. The van der Waals surface area contributed by atoms with Crippen molar-refractivity contribution in [1.82, 2.24) is 10.3 Å². The number of benzene rings is 1. The minimum absolute atomic E-state index is 0.165. The average molecular weight is 354 g/mol. The second-order valence-corrected chi connectivity index (χ2v) is 7.73. The largest absolute Gasteiger partial charge is 0.361 e. The molecule has 1 saturated heterocycles. The van der Waals surface area contributed by atoms with E-state index in [1.165, 1.54) is 33.6 Å². The lowest BCUT2D eigenvalue weighted by molar-refractivity contribution is -0.910. The summed E-state index contributed by atoms with van der Waals surface area (Å²) in [6, 6.07) is 13.1. The van der Waals surface area contributed by atoms with Gasteiger partial charge in [0.25, 0.3) is 5.91 Å². The molecule has 1 aromatic carbocycles. The van der Waals surface area contributed by atoms with Crippen molar-refractivity contribution in [2.45, 2.75) is 25.3 Å². The quantitative estimate of drug-likeness (QED) is 0.625. The second kappa shape index (κ2) is 7.42. The number of carbonyl (C=O) groups is 1. The van der Waals surface area contributed by atoms with Crippen LogP contribution in [0.2, 0.25) is 0 Å². The highest BCUT2D eigenvalue weighted by Crippen LogP contribution is 2.23. The van der Waals surface area contributed by atoms with E-state index in [4.69, 9.17) is 0 Å². The van der Waals surface area contributed by atoms with Crippen LogP contribution in [-0.2, 0) is 11.2 Å². The van der Waals surface area contributed by atoms with Crippen LogP contribution in [0.15, 0.2) is 48.0 Å². The number of H-pyrrole nitrogens is 1. The summed E-state index contributed by atoms with van der Waals surface area (Å²) < 4.78 is 0. The van der Waals surface area contributed by atoms with Gasteiger partial charge in [0.15, 0.2) is 6.54 Å².